The summed E-state index contributed by atoms with van der Waals surface area (Å²) in [5, 5.41) is 4.80. The van der Waals surface area contributed by atoms with Crippen molar-refractivity contribution in [3.05, 3.63) is 47.5 Å². The third-order valence-corrected chi connectivity index (χ3v) is 5.91. The SMILES string of the molecule is CCCn1c(C2CCCN(C(=O)C(C)Cn3cc(Cl)cn3)C2)nc2ccccc21. The molecule has 7 heteroatoms. The number of fused-ring (bicyclic) bond motifs is 1. The highest BCUT2D eigenvalue weighted by molar-refractivity contribution is 6.30. The Kier molecular flexibility index (Phi) is 5.90. The number of para-hydroxylation sites is 2. The first-order valence-corrected chi connectivity index (χ1v) is 10.9. The number of hydrogen-bond donors (Lipinski definition) is 0. The number of piperidine rings is 1. The Labute approximate surface area is 176 Å². The zero-order valence-corrected chi connectivity index (χ0v) is 17.8. The van der Waals surface area contributed by atoms with Crippen LogP contribution in [0, 0.1) is 5.92 Å². The zero-order valence-electron chi connectivity index (χ0n) is 17.1. The molecule has 1 saturated heterocycles. The van der Waals surface area contributed by atoms with Crippen LogP contribution in [0.2, 0.25) is 5.02 Å². The maximum Gasteiger partial charge on any atom is 0.227 e. The number of amides is 1. The highest BCUT2D eigenvalue weighted by atomic mass is 35.5. The Bertz CT molecular complexity index is 994. The van der Waals surface area contributed by atoms with E-state index in [1.807, 2.05) is 17.9 Å². The molecule has 2 atom stereocenters. The average Bonchev–Trinajstić information content (AvgIpc) is 3.31. The molecule has 154 valence electrons. The van der Waals surface area contributed by atoms with Gasteiger partial charge in [-0.25, -0.2) is 4.98 Å². The standard InChI is InChI=1S/C22H28ClN5O/c1-3-10-28-20-9-5-4-8-19(20)25-21(28)17-7-6-11-26(14-17)22(29)16(2)13-27-15-18(23)12-24-27/h4-5,8-9,12,15-17H,3,6-7,10-11,13-14H2,1-2H3. The number of aromatic nitrogens is 4. The molecule has 1 amide bonds. The number of carbonyl (C=O) groups is 1. The second-order valence-electron chi connectivity index (χ2n) is 8.02. The quantitative estimate of drug-likeness (QED) is 0.604. The first kappa shape index (κ1) is 20.0. The Morgan fingerprint density at radius 2 is 2.17 bits per heavy atom. The number of likely N-dealkylation sites (tertiary alicyclic amines) is 1. The van der Waals surface area contributed by atoms with E-state index in [-0.39, 0.29) is 17.7 Å². The molecular formula is C22H28ClN5O. The molecule has 0 spiro atoms. The molecule has 1 aliphatic rings. The van der Waals surface area contributed by atoms with E-state index in [1.165, 1.54) is 5.52 Å². The lowest BCUT2D eigenvalue weighted by Gasteiger charge is -2.34. The van der Waals surface area contributed by atoms with Gasteiger partial charge in [-0.15, -0.1) is 0 Å². The van der Waals surface area contributed by atoms with Gasteiger partial charge >= 0.3 is 0 Å². The molecule has 2 unspecified atom stereocenters. The van der Waals surface area contributed by atoms with Gasteiger partial charge in [0.1, 0.15) is 5.82 Å². The van der Waals surface area contributed by atoms with E-state index in [2.05, 4.69) is 34.8 Å². The molecule has 0 N–H and O–H groups in total. The summed E-state index contributed by atoms with van der Waals surface area (Å²) in [6.07, 6.45) is 6.50. The van der Waals surface area contributed by atoms with Gasteiger partial charge < -0.3 is 9.47 Å². The van der Waals surface area contributed by atoms with Gasteiger partial charge in [-0.2, -0.15) is 5.10 Å². The van der Waals surface area contributed by atoms with E-state index in [0.717, 1.165) is 50.2 Å². The van der Waals surface area contributed by atoms with Gasteiger partial charge in [0.25, 0.3) is 0 Å². The van der Waals surface area contributed by atoms with Crippen molar-refractivity contribution < 1.29 is 4.79 Å². The van der Waals surface area contributed by atoms with Crippen LogP contribution < -0.4 is 0 Å². The van der Waals surface area contributed by atoms with Crippen molar-refractivity contribution in [2.24, 2.45) is 5.92 Å². The molecular weight excluding hydrogens is 386 g/mol. The van der Waals surface area contributed by atoms with Crippen molar-refractivity contribution in [2.45, 2.75) is 52.1 Å². The van der Waals surface area contributed by atoms with E-state index in [9.17, 15) is 4.79 Å². The number of aryl methyl sites for hydroxylation is 1. The highest BCUT2D eigenvalue weighted by Gasteiger charge is 2.30. The van der Waals surface area contributed by atoms with Crippen molar-refractivity contribution in [3.8, 4) is 0 Å². The van der Waals surface area contributed by atoms with Crippen LogP contribution in [-0.2, 0) is 17.9 Å². The molecule has 0 saturated carbocycles. The van der Waals surface area contributed by atoms with Crippen LogP contribution in [0.15, 0.2) is 36.7 Å². The van der Waals surface area contributed by atoms with Gasteiger partial charge in [-0.3, -0.25) is 9.48 Å². The monoisotopic (exact) mass is 413 g/mol. The fourth-order valence-electron chi connectivity index (χ4n) is 4.36. The summed E-state index contributed by atoms with van der Waals surface area (Å²) in [5.74, 6) is 1.44. The van der Waals surface area contributed by atoms with Crippen molar-refractivity contribution >= 4 is 28.5 Å². The summed E-state index contributed by atoms with van der Waals surface area (Å²) in [4.78, 5) is 20.1. The molecule has 1 fully saturated rings. The smallest absolute Gasteiger partial charge is 0.227 e. The maximum atomic E-state index is 13.1. The van der Waals surface area contributed by atoms with E-state index in [0.29, 0.717) is 11.6 Å². The molecule has 29 heavy (non-hydrogen) atoms. The number of hydrogen-bond acceptors (Lipinski definition) is 3. The normalized spacial score (nSPS) is 18.3. The van der Waals surface area contributed by atoms with E-state index in [4.69, 9.17) is 16.6 Å². The molecule has 2 aromatic heterocycles. The van der Waals surface area contributed by atoms with Crippen LogP contribution in [0.25, 0.3) is 11.0 Å². The highest BCUT2D eigenvalue weighted by Crippen LogP contribution is 2.30. The van der Waals surface area contributed by atoms with E-state index < -0.39 is 0 Å². The van der Waals surface area contributed by atoms with E-state index in [1.54, 1.807) is 17.1 Å². The fraction of sp³-hybridized carbons (Fsp3) is 0.500. The van der Waals surface area contributed by atoms with Gasteiger partial charge in [0.05, 0.1) is 34.7 Å². The van der Waals surface area contributed by atoms with Crippen LogP contribution in [0.1, 0.15) is 44.9 Å². The van der Waals surface area contributed by atoms with Crippen molar-refractivity contribution in [1.82, 2.24) is 24.2 Å². The predicted octanol–water partition coefficient (Wildman–Crippen LogP) is 4.34. The Morgan fingerprint density at radius 1 is 1.34 bits per heavy atom. The number of nitrogens with zero attached hydrogens (tertiary/aromatic N) is 5. The van der Waals surface area contributed by atoms with Gasteiger partial charge in [-0.05, 0) is 31.4 Å². The van der Waals surface area contributed by atoms with Gasteiger partial charge in [0.2, 0.25) is 5.91 Å². The second-order valence-corrected chi connectivity index (χ2v) is 8.45. The molecule has 1 aromatic carbocycles. The molecule has 3 heterocycles. The van der Waals surface area contributed by atoms with E-state index >= 15 is 0 Å². The molecule has 6 nitrogen and oxygen atoms in total. The Morgan fingerprint density at radius 3 is 2.93 bits per heavy atom. The summed E-state index contributed by atoms with van der Waals surface area (Å²) in [6.45, 7) is 7.20. The number of rotatable bonds is 6. The summed E-state index contributed by atoms with van der Waals surface area (Å²) < 4.78 is 4.09. The lowest BCUT2D eigenvalue weighted by molar-refractivity contribution is -0.136. The first-order chi connectivity index (χ1) is 14.1. The molecule has 4 rings (SSSR count). The summed E-state index contributed by atoms with van der Waals surface area (Å²) in [6, 6.07) is 8.33. The topological polar surface area (TPSA) is 56.0 Å². The summed E-state index contributed by atoms with van der Waals surface area (Å²) >= 11 is 5.95. The zero-order chi connectivity index (χ0) is 20.4. The second kappa shape index (κ2) is 8.57. The molecule has 0 aliphatic carbocycles. The Balaban J connectivity index is 1.51. The number of carbonyl (C=O) groups excluding carboxylic acids is 1. The lowest BCUT2D eigenvalue weighted by atomic mass is 9.95. The Hall–Kier alpha value is -2.34. The minimum absolute atomic E-state index is 0.140. The van der Waals surface area contributed by atoms with Crippen molar-refractivity contribution in [3.63, 3.8) is 0 Å². The lowest BCUT2D eigenvalue weighted by Crippen LogP contribution is -2.43. The molecule has 3 aromatic rings. The third-order valence-electron chi connectivity index (χ3n) is 5.71. The van der Waals surface area contributed by atoms with Gasteiger partial charge in [-0.1, -0.05) is 37.6 Å². The van der Waals surface area contributed by atoms with Gasteiger partial charge in [0, 0.05) is 31.7 Å². The van der Waals surface area contributed by atoms with Crippen LogP contribution >= 0.6 is 11.6 Å². The average molecular weight is 414 g/mol. The third kappa shape index (κ3) is 4.17. The minimum atomic E-state index is -0.140. The molecule has 1 aliphatic heterocycles. The van der Waals surface area contributed by atoms with Crippen molar-refractivity contribution in [2.75, 3.05) is 13.1 Å². The van der Waals surface area contributed by atoms with Crippen LogP contribution in [-0.4, -0.2) is 43.2 Å². The summed E-state index contributed by atoms with van der Waals surface area (Å²) in [5.41, 5.74) is 2.24. The number of halogens is 1. The largest absolute Gasteiger partial charge is 0.342 e. The van der Waals surface area contributed by atoms with Crippen LogP contribution in [0.3, 0.4) is 0 Å². The minimum Gasteiger partial charge on any atom is -0.342 e. The predicted molar refractivity (Wildman–Crippen MR) is 115 cm³/mol. The molecule has 0 bridgehead atoms. The number of imidazole rings is 1. The maximum absolute atomic E-state index is 13.1. The van der Waals surface area contributed by atoms with Crippen LogP contribution in [0.4, 0.5) is 0 Å². The fourth-order valence-corrected chi connectivity index (χ4v) is 4.52. The number of benzene rings is 1. The molecule has 0 radical (unpaired) electrons. The van der Waals surface area contributed by atoms with Crippen molar-refractivity contribution in [1.29, 1.82) is 0 Å². The first-order valence-electron chi connectivity index (χ1n) is 10.5. The van der Waals surface area contributed by atoms with Gasteiger partial charge in [0.15, 0.2) is 0 Å². The van der Waals surface area contributed by atoms with Crippen LogP contribution in [0.5, 0.6) is 0 Å². The summed E-state index contributed by atoms with van der Waals surface area (Å²) in [7, 11) is 0.